The van der Waals surface area contributed by atoms with Crippen molar-refractivity contribution in [1.29, 1.82) is 0 Å². The lowest BCUT2D eigenvalue weighted by atomic mass is 10.1. The van der Waals surface area contributed by atoms with E-state index in [1.165, 1.54) is 16.8 Å². The van der Waals surface area contributed by atoms with Crippen molar-refractivity contribution in [3.63, 3.8) is 0 Å². The number of amides is 1. The van der Waals surface area contributed by atoms with Crippen LogP contribution in [0.5, 0.6) is 0 Å². The number of benzene rings is 2. The van der Waals surface area contributed by atoms with E-state index in [0.29, 0.717) is 6.54 Å². The smallest absolute Gasteiger partial charge is 0.268 e. The Kier molecular flexibility index (Phi) is 5.07. The molecule has 0 spiro atoms. The van der Waals surface area contributed by atoms with Crippen LogP contribution in [0.25, 0.3) is 0 Å². The van der Waals surface area contributed by atoms with Gasteiger partial charge in [-0.15, -0.1) is 0 Å². The van der Waals surface area contributed by atoms with Gasteiger partial charge in [-0.1, -0.05) is 60.7 Å². The summed E-state index contributed by atoms with van der Waals surface area (Å²) >= 11 is 0. The number of nitrogens with one attached hydrogen (secondary N) is 1. The Morgan fingerprint density at radius 3 is 2.37 bits per heavy atom. The molecule has 2 aromatic carbocycles. The molecule has 4 heteroatoms. The maximum atomic E-state index is 12.7. The summed E-state index contributed by atoms with van der Waals surface area (Å²) in [6.45, 7) is 3.41. The quantitative estimate of drug-likeness (QED) is 0.757. The van der Waals surface area contributed by atoms with E-state index in [4.69, 9.17) is 0 Å². The zero-order chi connectivity index (χ0) is 18.6. The number of carbonyl (C=O) groups is 1. The lowest BCUT2D eigenvalue weighted by Gasteiger charge is -2.27. The molecule has 2 heterocycles. The summed E-state index contributed by atoms with van der Waals surface area (Å²) < 4.78 is 2.06. The van der Waals surface area contributed by atoms with E-state index >= 15 is 0 Å². The van der Waals surface area contributed by atoms with E-state index in [-0.39, 0.29) is 5.91 Å². The minimum absolute atomic E-state index is 0.00892. The molecule has 27 heavy (non-hydrogen) atoms. The van der Waals surface area contributed by atoms with Crippen molar-refractivity contribution in [2.75, 3.05) is 6.54 Å². The summed E-state index contributed by atoms with van der Waals surface area (Å²) in [7, 11) is 2.00. The number of hydrogen-bond acceptors (Lipinski definition) is 2. The van der Waals surface area contributed by atoms with Gasteiger partial charge >= 0.3 is 0 Å². The first kappa shape index (κ1) is 17.6. The van der Waals surface area contributed by atoms with E-state index in [1.54, 1.807) is 0 Å². The molecule has 0 radical (unpaired) electrons. The molecule has 0 aliphatic carbocycles. The predicted molar refractivity (Wildman–Crippen MR) is 107 cm³/mol. The fourth-order valence-corrected chi connectivity index (χ4v) is 3.82. The van der Waals surface area contributed by atoms with Gasteiger partial charge in [0.1, 0.15) is 5.69 Å². The second-order valence-corrected chi connectivity index (χ2v) is 7.18. The first-order valence-corrected chi connectivity index (χ1v) is 9.46. The Morgan fingerprint density at radius 2 is 1.67 bits per heavy atom. The molecule has 138 valence electrons. The molecule has 0 atom stereocenters. The van der Waals surface area contributed by atoms with Crippen molar-refractivity contribution >= 4 is 5.91 Å². The molecule has 1 aliphatic rings. The van der Waals surface area contributed by atoms with Crippen molar-refractivity contribution in [3.8, 4) is 0 Å². The van der Waals surface area contributed by atoms with Gasteiger partial charge in [0.15, 0.2) is 0 Å². The number of carbonyl (C=O) groups excluding carboxylic acids is 1. The number of fused-ring (bicyclic) bond motifs is 1. The highest BCUT2D eigenvalue weighted by Crippen LogP contribution is 2.24. The molecule has 0 saturated carbocycles. The van der Waals surface area contributed by atoms with Crippen molar-refractivity contribution in [2.45, 2.75) is 26.1 Å². The molecule has 1 N–H and O–H groups in total. The number of nitrogens with zero attached hydrogens (tertiary/aromatic N) is 2. The molecule has 0 unspecified atom stereocenters. The third kappa shape index (κ3) is 3.96. The highest BCUT2D eigenvalue weighted by molar-refractivity contribution is 5.93. The van der Waals surface area contributed by atoms with Crippen molar-refractivity contribution < 1.29 is 4.79 Å². The average molecular weight is 359 g/mol. The van der Waals surface area contributed by atoms with Crippen LogP contribution in [0.2, 0.25) is 0 Å². The largest absolute Gasteiger partial charge is 0.347 e. The van der Waals surface area contributed by atoms with Crippen molar-refractivity contribution in [3.05, 3.63) is 94.8 Å². The van der Waals surface area contributed by atoms with Crippen LogP contribution in [0.15, 0.2) is 66.7 Å². The standard InChI is InChI=1S/C23H25N3O/c1-25-21-12-13-26(16-19-10-6-3-7-11-19)17-20(21)14-22(25)23(27)24-15-18-8-4-2-5-9-18/h2-11,14H,12-13,15-17H2,1H3,(H,24,27). The second-order valence-electron chi connectivity index (χ2n) is 7.18. The lowest BCUT2D eigenvalue weighted by Crippen LogP contribution is -2.30. The van der Waals surface area contributed by atoms with Gasteiger partial charge in [0, 0.05) is 45.3 Å². The number of rotatable bonds is 5. The first-order valence-electron chi connectivity index (χ1n) is 9.46. The minimum Gasteiger partial charge on any atom is -0.347 e. The summed E-state index contributed by atoms with van der Waals surface area (Å²) in [6, 6.07) is 22.6. The van der Waals surface area contributed by atoms with E-state index in [0.717, 1.165) is 37.3 Å². The topological polar surface area (TPSA) is 37.3 Å². The van der Waals surface area contributed by atoms with Gasteiger partial charge in [0.05, 0.1) is 0 Å². The van der Waals surface area contributed by atoms with Crippen LogP contribution >= 0.6 is 0 Å². The molecular formula is C23H25N3O. The highest BCUT2D eigenvalue weighted by Gasteiger charge is 2.23. The molecule has 0 bridgehead atoms. The van der Waals surface area contributed by atoms with Crippen LogP contribution in [-0.2, 0) is 33.1 Å². The maximum Gasteiger partial charge on any atom is 0.268 e. The Balaban J connectivity index is 1.44. The SMILES string of the molecule is Cn1c(C(=O)NCc2ccccc2)cc2c1CCN(Cc1ccccc1)C2. The zero-order valence-corrected chi connectivity index (χ0v) is 15.7. The predicted octanol–water partition coefficient (Wildman–Crippen LogP) is 3.51. The normalized spacial score (nSPS) is 14.0. The Labute approximate surface area is 160 Å². The van der Waals surface area contributed by atoms with Gasteiger partial charge in [0.25, 0.3) is 5.91 Å². The summed E-state index contributed by atoms with van der Waals surface area (Å²) in [6.07, 6.45) is 0.977. The first-order chi connectivity index (χ1) is 13.2. The van der Waals surface area contributed by atoms with Crippen molar-refractivity contribution in [1.82, 2.24) is 14.8 Å². The third-order valence-electron chi connectivity index (χ3n) is 5.28. The van der Waals surface area contributed by atoms with Gasteiger partial charge < -0.3 is 9.88 Å². The molecule has 4 nitrogen and oxygen atoms in total. The van der Waals surface area contributed by atoms with Gasteiger partial charge in [-0.05, 0) is 22.8 Å². The van der Waals surface area contributed by atoms with E-state index in [9.17, 15) is 4.79 Å². The number of hydrogen-bond donors (Lipinski definition) is 1. The fraction of sp³-hybridized carbons (Fsp3) is 0.261. The van der Waals surface area contributed by atoms with Crippen LogP contribution in [0.4, 0.5) is 0 Å². The molecule has 1 aliphatic heterocycles. The van der Waals surface area contributed by atoms with Gasteiger partial charge in [-0.2, -0.15) is 0 Å². The molecule has 0 saturated heterocycles. The van der Waals surface area contributed by atoms with Crippen LogP contribution in [-0.4, -0.2) is 21.9 Å². The van der Waals surface area contributed by atoms with Crippen LogP contribution < -0.4 is 5.32 Å². The summed E-state index contributed by atoms with van der Waals surface area (Å²) in [5, 5.41) is 3.04. The molecule has 0 fully saturated rings. The molecule has 1 aromatic heterocycles. The van der Waals surface area contributed by atoms with E-state index < -0.39 is 0 Å². The van der Waals surface area contributed by atoms with E-state index in [2.05, 4.69) is 51.2 Å². The molecular weight excluding hydrogens is 334 g/mol. The summed E-state index contributed by atoms with van der Waals surface area (Å²) in [5.74, 6) is -0.00892. The zero-order valence-electron chi connectivity index (χ0n) is 15.7. The second kappa shape index (κ2) is 7.80. The monoisotopic (exact) mass is 359 g/mol. The number of aromatic nitrogens is 1. The Hall–Kier alpha value is -2.85. The van der Waals surface area contributed by atoms with Crippen LogP contribution in [0, 0.1) is 0 Å². The Bertz CT molecular complexity index is 916. The molecule has 1 amide bonds. The summed E-state index contributed by atoms with van der Waals surface area (Å²) in [5.41, 5.74) is 5.74. The minimum atomic E-state index is -0.00892. The maximum absolute atomic E-state index is 12.7. The van der Waals surface area contributed by atoms with Gasteiger partial charge in [-0.25, -0.2) is 0 Å². The Morgan fingerprint density at radius 1 is 1.00 bits per heavy atom. The van der Waals surface area contributed by atoms with Gasteiger partial charge in [0.2, 0.25) is 0 Å². The van der Waals surface area contributed by atoms with E-state index in [1.807, 2.05) is 37.4 Å². The molecule has 4 rings (SSSR count). The fourth-order valence-electron chi connectivity index (χ4n) is 3.82. The highest BCUT2D eigenvalue weighted by atomic mass is 16.1. The third-order valence-corrected chi connectivity index (χ3v) is 5.28. The van der Waals surface area contributed by atoms with Crippen LogP contribution in [0.1, 0.15) is 32.9 Å². The van der Waals surface area contributed by atoms with Gasteiger partial charge in [-0.3, -0.25) is 9.69 Å². The van der Waals surface area contributed by atoms with Crippen molar-refractivity contribution in [2.24, 2.45) is 7.05 Å². The van der Waals surface area contributed by atoms with Crippen LogP contribution in [0.3, 0.4) is 0 Å². The molecule has 3 aromatic rings. The average Bonchev–Trinajstić information content (AvgIpc) is 3.04. The summed E-state index contributed by atoms with van der Waals surface area (Å²) in [4.78, 5) is 15.1. The lowest BCUT2D eigenvalue weighted by molar-refractivity contribution is 0.0942.